The summed E-state index contributed by atoms with van der Waals surface area (Å²) in [6.45, 7) is 1.95. The number of halogens is 4. The number of aromatic nitrogens is 2. The largest absolute Gasteiger partial charge is 0.418 e. The molecule has 5 rings (SSSR count). The summed E-state index contributed by atoms with van der Waals surface area (Å²) >= 11 is 0. The van der Waals surface area contributed by atoms with Crippen LogP contribution in [-0.2, 0) is 10.9 Å². The van der Waals surface area contributed by atoms with E-state index in [1.165, 1.54) is 0 Å². The smallest absolute Gasteiger partial charge is 0.378 e. The van der Waals surface area contributed by atoms with Gasteiger partial charge in [-0.15, -0.1) is 0 Å². The minimum atomic E-state index is -4.78. The first-order valence-corrected chi connectivity index (χ1v) is 9.52. The molecule has 1 aromatic carbocycles. The van der Waals surface area contributed by atoms with Crippen molar-refractivity contribution in [2.45, 2.75) is 24.9 Å². The third kappa shape index (κ3) is 3.30. The monoisotopic (exact) mass is 426 g/mol. The minimum Gasteiger partial charge on any atom is -0.378 e. The number of hydrogen-bond acceptors (Lipinski definition) is 7. The second kappa shape index (κ2) is 6.76. The SMILES string of the molecule is O=c1[nH]c(N2CCOCC2)nc2c1NN(c1c(F)cc(C3CC3)cc1C(F)(F)F)N2. The number of benzene rings is 1. The van der Waals surface area contributed by atoms with Crippen LogP contribution >= 0.6 is 0 Å². The molecule has 0 amide bonds. The lowest BCUT2D eigenvalue weighted by molar-refractivity contribution is -0.137. The summed E-state index contributed by atoms with van der Waals surface area (Å²) in [6.07, 6.45) is -3.30. The van der Waals surface area contributed by atoms with Gasteiger partial charge in [0.1, 0.15) is 5.69 Å². The van der Waals surface area contributed by atoms with E-state index in [1.54, 1.807) is 4.90 Å². The highest BCUT2D eigenvalue weighted by Gasteiger charge is 2.40. The van der Waals surface area contributed by atoms with Gasteiger partial charge in [-0.05, 0) is 36.5 Å². The molecule has 0 bridgehead atoms. The van der Waals surface area contributed by atoms with Gasteiger partial charge in [0.25, 0.3) is 5.56 Å². The second-order valence-corrected chi connectivity index (χ2v) is 7.44. The molecule has 3 heterocycles. The van der Waals surface area contributed by atoms with Crippen LogP contribution in [0.15, 0.2) is 16.9 Å². The lowest BCUT2D eigenvalue weighted by atomic mass is 10.0. The number of nitrogens with zero attached hydrogens (tertiary/aromatic N) is 3. The van der Waals surface area contributed by atoms with Crippen molar-refractivity contribution in [3.05, 3.63) is 39.4 Å². The molecule has 0 spiro atoms. The Labute approximate surface area is 167 Å². The fourth-order valence-electron chi connectivity index (χ4n) is 3.64. The average Bonchev–Trinajstić information content (AvgIpc) is 3.46. The van der Waals surface area contributed by atoms with Crippen molar-refractivity contribution in [3.63, 3.8) is 0 Å². The second-order valence-electron chi connectivity index (χ2n) is 7.44. The Morgan fingerprint density at radius 2 is 1.87 bits per heavy atom. The van der Waals surface area contributed by atoms with Crippen LogP contribution in [-0.4, -0.2) is 36.3 Å². The standard InChI is InChI=1S/C18H18F4N6O2/c19-12-8-10(9-1-2-9)7-11(18(20,21)22)14(12)28-25-13-15(26-28)23-17(24-16(13)29)27-3-5-30-6-4-27/h7-9,25H,1-6H2,(H2,23,24,26,29). The van der Waals surface area contributed by atoms with Gasteiger partial charge >= 0.3 is 6.18 Å². The van der Waals surface area contributed by atoms with E-state index in [-0.39, 0.29) is 23.4 Å². The molecule has 0 atom stereocenters. The molecule has 12 heteroatoms. The van der Waals surface area contributed by atoms with Gasteiger partial charge in [0, 0.05) is 13.1 Å². The highest BCUT2D eigenvalue weighted by atomic mass is 19.4. The van der Waals surface area contributed by atoms with E-state index in [9.17, 15) is 22.4 Å². The van der Waals surface area contributed by atoms with Crippen LogP contribution in [0.5, 0.6) is 0 Å². The summed E-state index contributed by atoms with van der Waals surface area (Å²) in [5.41, 5.74) is 2.87. The molecule has 0 unspecified atom stereocenters. The summed E-state index contributed by atoms with van der Waals surface area (Å²) in [5.74, 6) is -0.811. The number of nitrogens with one attached hydrogen (secondary N) is 3. The molecule has 160 valence electrons. The van der Waals surface area contributed by atoms with Crippen molar-refractivity contribution >= 4 is 23.1 Å². The predicted molar refractivity (Wildman–Crippen MR) is 101 cm³/mol. The Morgan fingerprint density at radius 3 is 2.53 bits per heavy atom. The number of morpholine rings is 1. The zero-order valence-corrected chi connectivity index (χ0v) is 15.6. The molecule has 2 aromatic rings. The van der Waals surface area contributed by atoms with Gasteiger partial charge in [0.2, 0.25) is 5.95 Å². The highest BCUT2D eigenvalue weighted by molar-refractivity contribution is 5.77. The van der Waals surface area contributed by atoms with E-state index in [0.717, 1.165) is 30.1 Å². The van der Waals surface area contributed by atoms with E-state index in [1.807, 2.05) is 0 Å². The Hall–Kier alpha value is -3.02. The molecule has 1 saturated carbocycles. The third-order valence-corrected chi connectivity index (χ3v) is 5.32. The first-order chi connectivity index (χ1) is 14.3. The van der Waals surface area contributed by atoms with Crippen molar-refractivity contribution in [3.8, 4) is 0 Å². The molecule has 1 aliphatic carbocycles. The number of anilines is 4. The molecular formula is C18H18F4N6O2. The van der Waals surface area contributed by atoms with Crippen LogP contribution in [0.1, 0.15) is 29.9 Å². The van der Waals surface area contributed by atoms with E-state index in [4.69, 9.17) is 4.74 Å². The van der Waals surface area contributed by atoms with Crippen molar-refractivity contribution in [1.82, 2.24) is 9.97 Å². The molecule has 2 fully saturated rings. The fraction of sp³-hybridized carbons (Fsp3) is 0.444. The summed E-state index contributed by atoms with van der Waals surface area (Å²) in [5, 5.41) is 0.755. The van der Waals surface area contributed by atoms with Gasteiger partial charge in [0.15, 0.2) is 17.3 Å². The minimum absolute atomic E-state index is 0.0130. The van der Waals surface area contributed by atoms with Crippen LogP contribution in [0.2, 0.25) is 0 Å². The zero-order chi connectivity index (χ0) is 21.0. The lowest BCUT2D eigenvalue weighted by Gasteiger charge is -2.27. The summed E-state index contributed by atoms with van der Waals surface area (Å²) in [6, 6.07) is 2.09. The van der Waals surface area contributed by atoms with Gasteiger partial charge in [-0.25, -0.2) is 4.39 Å². The van der Waals surface area contributed by atoms with Gasteiger partial charge in [-0.1, -0.05) is 0 Å². The van der Waals surface area contributed by atoms with E-state index >= 15 is 0 Å². The highest BCUT2D eigenvalue weighted by Crippen LogP contribution is 2.46. The maximum absolute atomic E-state index is 14.8. The quantitative estimate of drug-likeness (QED) is 0.651. The van der Waals surface area contributed by atoms with E-state index in [0.29, 0.717) is 31.9 Å². The number of aromatic amines is 1. The van der Waals surface area contributed by atoms with Crippen molar-refractivity contribution in [2.24, 2.45) is 0 Å². The number of hydrogen-bond donors (Lipinski definition) is 3. The lowest BCUT2D eigenvalue weighted by Crippen LogP contribution is -2.38. The summed E-state index contributed by atoms with van der Waals surface area (Å²) in [4.78, 5) is 21.2. The van der Waals surface area contributed by atoms with Crippen LogP contribution < -0.4 is 26.4 Å². The Bertz CT molecular complexity index is 1050. The van der Waals surface area contributed by atoms with Gasteiger partial charge in [-0.2, -0.15) is 23.3 Å². The Morgan fingerprint density at radius 1 is 1.13 bits per heavy atom. The van der Waals surface area contributed by atoms with Crippen LogP contribution in [0.3, 0.4) is 0 Å². The number of alkyl halides is 3. The number of rotatable bonds is 3. The average molecular weight is 426 g/mol. The van der Waals surface area contributed by atoms with Gasteiger partial charge in [-0.3, -0.25) is 20.6 Å². The molecule has 30 heavy (non-hydrogen) atoms. The third-order valence-electron chi connectivity index (χ3n) is 5.32. The maximum atomic E-state index is 14.8. The number of fused-ring (bicyclic) bond motifs is 1. The predicted octanol–water partition coefficient (Wildman–Crippen LogP) is 2.82. The van der Waals surface area contributed by atoms with E-state index < -0.39 is 28.8 Å². The molecule has 1 saturated heterocycles. The van der Waals surface area contributed by atoms with Crippen LogP contribution in [0.4, 0.5) is 40.7 Å². The molecule has 1 aromatic heterocycles. The topological polar surface area (TPSA) is 85.5 Å². The van der Waals surface area contributed by atoms with Crippen LogP contribution in [0, 0.1) is 5.82 Å². The van der Waals surface area contributed by atoms with Gasteiger partial charge in [0.05, 0.1) is 18.8 Å². The first kappa shape index (κ1) is 19.0. The summed E-state index contributed by atoms with van der Waals surface area (Å²) < 4.78 is 61.2. The normalized spacial score (nSPS) is 18.8. The van der Waals surface area contributed by atoms with Crippen molar-refractivity contribution in [2.75, 3.05) is 47.2 Å². The fourth-order valence-corrected chi connectivity index (χ4v) is 3.64. The van der Waals surface area contributed by atoms with Crippen LogP contribution in [0.25, 0.3) is 0 Å². The molecule has 0 radical (unpaired) electrons. The van der Waals surface area contributed by atoms with Gasteiger partial charge < -0.3 is 9.64 Å². The zero-order valence-electron chi connectivity index (χ0n) is 15.6. The maximum Gasteiger partial charge on any atom is 0.418 e. The number of hydrazine groups is 2. The molecule has 3 N–H and O–H groups in total. The molecule has 3 aliphatic rings. The number of ether oxygens (including phenoxy) is 1. The molecule has 2 aliphatic heterocycles. The molecular weight excluding hydrogens is 408 g/mol. The Kier molecular flexibility index (Phi) is 4.27. The Balaban J connectivity index is 1.51. The van der Waals surface area contributed by atoms with Crippen molar-refractivity contribution in [1.29, 1.82) is 0 Å². The van der Waals surface area contributed by atoms with E-state index in [2.05, 4.69) is 20.8 Å². The number of H-pyrrole nitrogens is 1. The summed E-state index contributed by atoms with van der Waals surface area (Å²) in [7, 11) is 0. The first-order valence-electron chi connectivity index (χ1n) is 9.52. The van der Waals surface area contributed by atoms with Crippen molar-refractivity contribution < 1.29 is 22.3 Å². The molecule has 8 nitrogen and oxygen atoms in total.